The van der Waals surface area contributed by atoms with Crippen LogP contribution in [0.4, 0.5) is 0 Å². The Labute approximate surface area is 129 Å². The predicted molar refractivity (Wildman–Crippen MR) is 80.2 cm³/mol. The van der Waals surface area contributed by atoms with Crippen molar-refractivity contribution in [2.75, 3.05) is 6.61 Å². The summed E-state index contributed by atoms with van der Waals surface area (Å²) in [4.78, 5) is 23.6. The number of aromatic nitrogens is 2. The maximum atomic E-state index is 12.1. The lowest BCUT2D eigenvalue weighted by atomic mass is 10.2. The van der Waals surface area contributed by atoms with Gasteiger partial charge in [0.25, 0.3) is 0 Å². The zero-order chi connectivity index (χ0) is 15.4. The Morgan fingerprint density at radius 2 is 2.00 bits per heavy atom. The predicted octanol–water partition coefficient (Wildman–Crippen LogP) is 1.73. The third-order valence-corrected chi connectivity index (χ3v) is 3.41. The minimum Gasteiger partial charge on any atom is -0.493 e. The Kier molecular flexibility index (Phi) is 4.85. The molecule has 0 atom stereocenters. The minimum atomic E-state index is -0.514. The quantitative estimate of drug-likeness (QED) is 0.829. The molecule has 112 valence electrons. The molecule has 0 fully saturated rings. The monoisotopic (exact) mass is 354 g/mol. The van der Waals surface area contributed by atoms with Crippen LogP contribution in [0.3, 0.4) is 0 Å². The highest BCUT2D eigenvalue weighted by Crippen LogP contribution is 2.13. The summed E-state index contributed by atoms with van der Waals surface area (Å²) < 4.78 is 8.05. The Balaban J connectivity index is 2.21. The summed E-state index contributed by atoms with van der Waals surface area (Å²) in [6.45, 7) is 1.96. The largest absolute Gasteiger partial charge is 0.493 e. The lowest BCUT2D eigenvalue weighted by Gasteiger charge is -2.04. The van der Waals surface area contributed by atoms with Gasteiger partial charge in [-0.15, -0.1) is 0 Å². The molecule has 0 aliphatic rings. The summed E-state index contributed by atoms with van der Waals surface area (Å²) in [6.07, 6.45) is 1.23. The number of carbonyl (C=O) groups is 1. The molecule has 0 radical (unpaired) electrons. The zero-order valence-electron chi connectivity index (χ0n) is 11.5. The topological polar surface area (TPSA) is 73.5 Å². The number of imidazole rings is 1. The maximum Gasteiger partial charge on any atom is 0.331 e. The lowest BCUT2D eigenvalue weighted by Crippen LogP contribution is -2.27. The van der Waals surface area contributed by atoms with Gasteiger partial charge in [-0.05, 0) is 24.6 Å². The van der Waals surface area contributed by atoms with Crippen LogP contribution in [0, 0.1) is 0 Å². The molecule has 0 amide bonds. The Hall–Kier alpha value is -2.02. The summed E-state index contributed by atoms with van der Waals surface area (Å²) in [5.74, 6) is -0.701. The summed E-state index contributed by atoms with van der Waals surface area (Å²) in [6, 6.07) is 7.40. The fourth-order valence-corrected chi connectivity index (χ4v) is 2.16. The van der Waals surface area contributed by atoms with Gasteiger partial charge in [-0.25, -0.2) is 4.79 Å². The van der Waals surface area contributed by atoms with Crippen molar-refractivity contribution >= 4 is 21.9 Å². The first-order valence-corrected chi connectivity index (χ1v) is 7.19. The average molecular weight is 355 g/mol. The molecule has 0 aliphatic carbocycles. The Bertz CT molecular complexity index is 688. The van der Waals surface area contributed by atoms with Gasteiger partial charge in [-0.2, -0.15) is 0 Å². The van der Waals surface area contributed by atoms with Crippen molar-refractivity contribution in [1.82, 2.24) is 9.13 Å². The minimum absolute atomic E-state index is 0.188. The molecule has 21 heavy (non-hydrogen) atoms. The second kappa shape index (κ2) is 6.62. The van der Waals surface area contributed by atoms with E-state index in [1.165, 1.54) is 10.8 Å². The molecule has 1 N–H and O–H groups in total. The van der Waals surface area contributed by atoms with E-state index in [1.54, 1.807) is 6.92 Å². The number of benzene rings is 1. The number of carbonyl (C=O) groups excluding carboxylic acids is 1. The smallest absolute Gasteiger partial charge is 0.331 e. The van der Waals surface area contributed by atoms with Crippen molar-refractivity contribution in [3.05, 3.63) is 51.0 Å². The number of hydrogen-bond acceptors (Lipinski definition) is 4. The second-order valence-electron chi connectivity index (χ2n) is 4.42. The van der Waals surface area contributed by atoms with E-state index in [0.29, 0.717) is 0 Å². The number of nitrogens with zero attached hydrogens (tertiary/aromatic N) is 2. The molecule has 7 heteroatoms. The molecule has 2 aromatic rings. The molecular formula is C14H15BrN2O4. The number of ether oxygens (including phenoxy) is 1. The Morgan fingerprint density at radius 1 is 1.33 bits per heavy atom. The van der Waals surface area contributed by atoms with E-state index in [4.69, 9.17) is 4.74 Å². The highest BCUT2D eigenvalue weighted by Gasteiger charge is 2.13. The summed E-state index contributed by atoms with van der Waals surface area (Å²) in [7, 11) is 0. The van der Waals surface area contributed by atoms with Crippen LogP contribution in [0.2, 0.25) is 0 Å². The van der Waals surface area contributed by atoms with E-state index in [9.17, 15) is 14.7 Å². The molecule has 0 saturated heterocycles. The van der Waals surface area contributed by atoms with Crippen molar-refractivity contribution in [2.24, 2.45) is 0 Å². The first kappa shape index (κ1) is 15.4. The van der Waals surface area contributed by atoms with Gasteiger partial charge in [0.15, 0.2) is 0 Å². The normalized spacial score (nSPS) is 10.6. The molecule has 1 aromatic heterocycles. The van der Waals surface area contributed by atoms with E-state index >= 15 is 0 Å². The number of aromatic hydroxyl groups is 1. The number of halogens is 1. The van der Waals surface area contributed by atoms with Gasteiger partial charge in [0.2, 0.25) is 5.88 Å². The van der Waals surface area contributed by atoms with Crippen molar-refractivity contribution in [2.45, 2.75) is 20.0 Å². The van der Waals surface area contributed by atoms with Crippen LogP contribution in [0.15, 0.2) is 39.7 Å². The second-order valence-corrected chi connectivity index (χ2v) is 5.33. The van der Waals surface area contributed by atoms with Crippen LogP contribution in [0.1, 0.15) is 12.5 Å². The van der Waals surface area contributed by atoms with Crippen LogP contribution in [0.25, 0.3) is 0 Å². The molecule has 0 saturated carbocycles. The van der Waals surface area contributed by atoms with Gasteiger partial charge < -0.3 is 9.84 Å². The van der Waals surface area contributed by atoms with Crippen molar-refractivity contribution in [3.63, 3.8) is 0 Å². The number of hydrogen-bond donors (Lipinski definition) is 1. The van der Waals surface area contributed by atoms with Gasteiger partial charge in [0.1, 0.15) is 6.54 Å². The van der Waals surface area contributed by atoms with E-state index < -0.39 is 11.7 Å². The van der Waals surface area contributed by atoms with Gasteiger partial charge in [-0.1, -0.05) is 28.1 Å². The molecular weight excluding hydrogens is 340 g/mol. The lowest BCUT2D eigenvalue weighted by molar-refractivity contribution is -0.143. The van der Waals surface area contributed by atoms with Gasteiger partial charge >= 0.3 is 11.7 Å². The molecule has 0 spiro atoms. The van der Waals surface area contributed by atoms with Crippen molar-refractivity contribution < 1.29 is 14.6 Å². The summed E-state index contributed by atoms with van der Waals surface area (Å²) >= 11 is 3.33. The van der Waals surface area contributed by atoms with Gasteiger partial charge in [-0.3, -0.25) is 13.9 Å². The van der Waals surface area contributed by atoms with E-state index in [2.05, 4.69) is 15.9 Å². The first-order chi connectivity index (χ1) is 10.0. The molecule has 6 nitrogen and oxygen atoms in total. The number of esters is 1. The third kappa shape index (κ3) is 3.75. The average Bonchev–Trinajstić information content (AvgIpc) is 2.69. The van der Waals surface area contributed by atoms with Crippen molar-refractivity contribution in [3.8, 4) is 5.88 Å². The fraction of sp³-hybridized carbons (Fsp3) is 0.286. The summed E-state index contributed by atoms with van der Waals surface area (Å²) in [5.41, 5.74) is 0.410. The van der Waals surface area contributed by atoms with Crippen LogP contribution in [0.5, 0.6) is 5.88 Å². The van der Waals surface area contributed by atoms with Crippen LogP contribution >= 0.6 is 15.9 Å². The third-order valence-electron chi connectivity index (χ3n) is 2.88. The van der Waals surface area contributed by atoms with E-state index in [1.807, 2.05) is 24.3 Å². The molecule has 0 bridgehead atoms. The maximum absolute atomic E-state index is 12.1. The van der Waals surface area contributed by atoms with E-state index in [0.717, 1.165) is 14.6 Å². The van der Waals surface area contributed by atoms with Crippen molar-refractivity contribution in [1.29, 1.82) is 0 Å². The van der Waals surface area contributed by atoms with Crippen LogP contribution in [-0.4, -0.2) is 26.8 Å². The molecule has 0 aliphatic heterocycles. The Morgan fingerprint density at radius 3 is 2.62 bits per heavy atom. The fourth-order valence-electron chi connectivity index (χ4n) is 1.90. The molecule has 2 rings (SSSR count). The van der Waals surface area contributed by atoms with Crippen LogP contribution in [-0.2, 0) is 22.6 Å². The van der Waals surface area contributed by atoms with Crippen LogP contribution < -0.4 is 5.69 Å². The van der Waals surface area contributed by atoms with Gasteiger partial charge in [0.05, 0.1) is 19.3 Å². The summed E-state index contributed by atoms with van der Waals surface area (Å²) in [5, 5.41) is 9.85. The molecule has 1 heterocycles. The van der Waals surface area contributed by atoms with E-state index in [-0.39, 0.29) is 25.6 Å². The highest BCUT2D eigenvalue weighted by molar-refractivity contribution is 9.10. The highest BCUT2D eigenvalue weighted by atomic mass is 79.9. The zero-order valence-corrected chi connectivity index (χ0v) is 13.0. The van der Waals surface area contributed by atoms with Gasteiger partial charge in [0, 0.05) is 4.47 Å². The first-order valence-electron chi connectivity index (χ1n) is 6.40. The number of rotatable bonds is 5. The molecule has 0 unspecified atom stereocenters. The standard InChI is InChI=1S/C14H15BrN2O4/c1-2-21-13(19)9-16-8-12(18)17(14(16)20)7-10-3-5-11(15)6-4-10/h3-6,8,18H,2,7,9H2,1H3. The SMILES string of the molecule is CCOC(=O)Cn1cc(O)n(Cc2ccc(Br)cc2)c1=O. The molecule has 1 aromatic carbocycles.